The van der Waals surface area contributed by atoms with E-state index in [9.17, 15) is 4.39 Å². The lowest BCUT2D eigenvalue weighted by molar-refractivity contribution is 0.623. The summed E-state index contributed by atoms with van der Waals surface area (Å²) >= 11 is 0. The second-order valence-electron chi connectivity index (χ2n) is 4.89. The van der Waals surface area contributed by atoms with Gasteiger partial charge in [0.25, 0.3) is 0 Å². The van der Waals surface area contributed by atoms with Gasteiger partial charge in [0.1, 0.15) is 23.5 Å². The average Bonchev–Trinajstić information content (AvgIpc) is 2.75. The van der Waals surface area contributed by atoms with Gasteiger partial charge in [0.05, 0.1) is 0 Å². The summed E-state index contributed by atoms with van der Waals surface area (Å²) in [5.41, 5.74) is 1.06. The fourth-order valence-electron chi connectivity index (χ4n) is 2.40. The Morgan fingerprint density at radius 1 is 1.10 bits per heavy atom. The zero-order valence-electron chi connectivity index (χ0n) is 11.3. The van der Waals surface area contributed by atoms with Crippen molar-refractivity contribution < 1.29 is 4.39 Å². The number of hydrogen-bond donors (Lipinski definition) is 0. The molecule has 1 fully saturated rings. The number of allylic oxidation sites excluding steroid dienone is 1. The van der Waals surface area contributed by atoms with E-state index in [1.807, 2.05) is 6.07 Å². The molecule has 0 N–H and O–H groups in total. The third kappa shape index (κ3) is 3.36. The standard InChI is InChI=1S/C16H16FN3/c17-16-10-15(20-7-3-1-2-4-8-20)6-5-14(16)9-13(11-18)12-19/h5-6,9-10H,1-4,7-8H2. The largest absolute Gasteiger partial charge is 0.371 e. The molecule has 20 heavy (non-hydrogen) atoms. The Balaban J connectivity index is 2.24. The summed E-state index contributed by atoms with van der Waals surface area (Å²) in [6, 6.07) is 8.45. The smallest absolute Gasteiger partial charge is 0.132 e. The van der Waals surface area contributed by atoms with Crippen molar-refractivity contribution in [2.45, 2.75) is 25.7 Å². The maximum atomic E-state index is 14.0. The van der Waals surface area contributed by atoms with Crippen LogP contribution in [0.1, 0.15) is 31.2 Å². The first-order chi connectivity index (χ1) is 9.74. The van der Waals surface area contributed by atoms with Crippen LogP contribution in [0.15, 0.2) is 23.8 Å². The summed E-state index contributed by atoms with van der Waals surface area (Å²) in [5.74, 6) is -0.394. The molecule has 0 amide bonds. The summed E-state index contributed by atoms with van der Waals surface area (Å²) in [6.45, 7) is 1.91. The predicted octanol–water partition coefficient (Wildman–Crippen LogP) is 3.64. The average molecular weight is 269 g/mol. The minimum absolute atomic E-state index is 0.0913. The van der Waals surface area contributed by atoms with Crippen LogP contribution < -0.4 is 4.90 Å². The van der Waals surface area contributed by atoms with Crippen molar-refractivity contribution >= 4 is 11.8 Å². The first-order valence-electron chi connectivity index (χ1n) is 6.81. The number of hydrogen-bond acceptors (Lipinski definition) is 3. The minimum atomic E-state index is -0.394. The lowest BCUT2D eigenvalue weighted by atomic mass is 10.1. The number of halogens is 1. The molecule has 3 nitrogen and oxygen atoms in total. The molecule has 0 bridgehead atoms. The minimum Gasteiger partial charge on any atom is -0.371 e. The molecular weight excluding hydrogens is 253 g/mol. The maximum absolute atomic E-state index is 14.0. The molecule has 0 atom stereocenters. The predicted molar refractivity (Wildman–Crippen MR) is 76.3 cm³/mol. The molecule has 0 aromatic heterocycles. The third-order valence-electron chi connectivity index (χ3n) is 3.50. The lowest BCUT2D eigenvalue weighted by Crippen LogP contribution is -2.23. The number of nitrogens with zero attached hydrogens (tertiary/aromatic N) is 3. The Hall–Kier alpha value is -2.33. The van der Waals surface area contributed by atoms with Crippen LogP contribution in [-0.2, 0) is 0 Å². The first-order valence-corrected chi connectivity index (χ1v) is 6.81. The highest BCUT2D eigenvalue weighted by atomic mass is 19.1. The fraction of sp³-hybridized carbons (Fsp3) is 0.375. The summed E-state index contributed by atoms with van der Waals surface area (Å²) < 4.78 is 14.0. The molecule has 0 unspecified atom stereocenters. The second-order valence-corrected chi connectivity index (χ2v) is 4.89. The van der Waals surface area contributed by atoms with Gasteiger partial charge in [-0.3, -0.25) is 0 Å². The van der Waals surface area contributed by atoms with Crippen LogP contribution >= 0.6 is 0 Å². The van der Waals surface area contributed by atoms with Crippen molar-refractivity contribution in [1.29, 1.82) is 10.5 Å². The molecule has 0 spiro atoms. The van der Waals surface area contributed by atoms with Gasteiger partial charge in [0.2, 0.25) is 0 Å². The van der Waals surface area contributed by atoms with Crippen molar-refractivity contribution in [3.05, 3.63) is 35.2 Å². The normalized spacial score (nSPS) is 14.8. The highest BCUT2D eigenvalue weighted by Gasteiger charge is 2.11. The highest BCUT2D eigenvalue weighted by molar-refractivity contribution is 5.64. The molecule has 1 heterocycles. The summed E-state index contributed by atoms with van der Waals surface area (Å²) in [7, 11) is 0. The SMILES string of the molecule is N#CC(C#N)=Cc1ccc(N2CCCCCC2)cc1F. The van der Waals surface area contributed by atoms with Gasteiger partial charge >= 0.3 is 0 Å². The van der Waals surface area contributed by atoms with Crippen LogP contribution in [0.4, 0.5) is 10.1 Å². The van der Waals surface area contributed by atoms with E-state index < -0.39 is 5.82 Å². The number of anilines is 1. The molecule has 4 heteroatoms. The van der Waals surface area contributed by atoms with Gasteiger partial charge < -0.3 is 4.90 Å². The Kier molecular flexibility index (Phi) is 4.74. The highest BCUT2D eigenvalue weighted by Crippen LogP contribution is 2.23. The van der Waals surface area contributed by atoms with Gasteiger partial charge in [0, 0.05) is 24.3 Å². The van der Waals surface area contributed by atoms with Gasteiger partial charge in [-0.1, -0.05) is 12.8 Å². The van der Waals surface area contributed by atoms with E-state index in [1.54, 1.807) is 18.2 Å². The Morgan fingerprint density at radius 2 is 1.75 bits per heavy atom. The van der Waals surface area contributed by atoms with Crippen LogP contribution in [-0.4, -0.2) is 13.1 Å². The quantitative estimate of drug-likeness (QED) is 0.770. The van der Waals surface area contributed by atoms with Crippen molar-refractivity contribution in [3.63, 3.8) is 0 Å². The maximum Gasteiger partial charge on any atom is 0.132 e. The lowest BCUT2D eigenvalue weighted by Gasteiger charge is -2.22. The van der Waals surface area contributed by atoms with E-state index >= 15 is 0 Å². The molecule has 2 rings (SSSR count). The fourth-order valence-corrected chi connectivity index (χ4v) is 2.40. The first kappa shape index (κ1) is 14.1. The zero-order valence-corrected chi connectivity index (χ0v) is 11.3. The van der Waals surface area contributed by atoms with Gasteiger partial charge in [0.15, 0.2) is 0 Å². The molecule has 0 aliphatic carbocycles. The molecular formula is C16H16FN3. The summed E-state index contributed by atoms with van der Waals surface area (Å²) in [4.78, 5) is 2.19. The Morgan fingerprint density at radius 3 is 2.30 bits per heavy atom. The molecule has 1 aliphatic heterocycles. The van der Waals surface area contributed by atoms with Crippen molar-refractivity contribution in [3.8, 4) is 12.1 Å². The molecule has 102 valence electrons. The Labute approximate surface area is 118 Å². The van der Waals surface area contributed by atoms with Crippen LogP contribution in [0.2, 0.25) is 0 Å². The topological polar surface area (TPSA) is 50.8 Å². The molecule has 1 aromatic rings. The van der Waals surface area contributed by atoms with Crippen LogP contribution in [0.3, 0.4) is 0 Å². The van der Waals surface area contributed by atoms with E-state index in [2.05, 4.69) is 4.90 Å². The van der Waals surface area contributed by atoms with E-state index in [1.165, 1.54) is 25.0 Å². The second kappa shape index (κ2) is 6.73. The van der Waals surface area contributed by atoms with Crippen molar-refractivity contribution in [2.24, 2.45) is 0 Å². The zero-order chi connectivity index (χ0) is 14.4. The number of benzene rings is 1. The monoisotopic (exact) mass is 269 g/mol. The van der Waals surface area contributed by atoms with E-state index in [-0.39, 0.29) is 11.1 Å². The third-order valence-corrected chi connectivity index (χ3v) is 3.50. The van der Waals surface area contributed by atoms with Gasteiger partial charge in [-0.2, -0.15) is 10.5 Å². The molecule has 0 radical (unpaired) electrons. The van der Waals surface area contributed by atoms with E-state index in [4.69, 9.17) is 10.5 Å². The van der Waals surface area contributed by atoms with Crippen LogP contribution in [0.5, 0.6) is 0 Å². The summed E-state index contributed by atoms with van der Waals surface area (Å²) in [6.07, 6.45) is 6.01. The molecule has 1 saturated heterocycles. The van der Waals surface area contributed by atoms with Crippen LogP contribution in [0.25, 0.3) is 6.08 Å². The molecule has 0 saturated carbocycles. The number of nitriles is 2. The molecule has 1 aliphatic rings. The van der Waals surface area contributed by atoms with Crippen molar-refractivity contribution in [1.82, 2.24) is 0 Å². The summed E-state index contributed by atoms with van der Waals surface area (Å²) in [5, 5.41) is 17.4. The van der Waals surface area contributed by atoms with Gasteiger partial charge in [-0.25, -0.2) is 4.39 Å². The van der Waals surface area contributed by atoms with E-state index in [0.717, 1.165) is 31.6 Å². The number of rotatable bonds is 2. The van der Waals surface area contributed by atoms with Gasteiger partial charge in [-0.15, -0.1) is 0 Å². The molecule has 1 aromatic carbocycles. The van der Waals surface area contributed by atoms with Crippen LogP contribution in [0, 0.1) is 28.5 Å². The van der Waals surface area contributed by atoms with Crippen molar-refractivity contribution in [2.75, 3.05) is 18.0 Å². The van der Waals surface area contributed by atoms with Gasteiger partial charge in [-0.05, 0) is 37.1 Å². The van der Waals surface area contributed by atoms with E-state index in [0.29, 0.717) is 0 Å². The Bertz CT molecular complexity index is 569.